The molecule has 1 aromatic heterocycles. The van der Waals surface area contributed by atoms with Crippen LogP contribution in [0.5, 0.6) is 23.0 Å². The molecular weight excluding hydrogens is 591 g/mol. The Morgan fingerprint density at radius 2 is 1.11 bits per heavy atom. The molecular formula is C36H33FN2O7. The largest absolute Gasteiger partial charge is 0.494 e. The Balaban J connectivity index is 1.17. The van der Waals surface area contributed by atoms with E-state index in [4.69, 9.17) is 23.4 Å². The number of carbonyl (C=O) groups is 2. The summed E-state index contributed by atoms with van der Waals surface area (Å²) in [6.07, 6.45) is 3.95. The van der Waals surface area contributed by atoms with E-state index in [0.717, 1.165) is 31.7 Å². The molecule has 0 bridgehead atoms. The molecule has 0 unspecified atom stereocenters. The van der Waals surface area contributed by atoms with E-state index in [2.05, 4.69) is 24.0 Å². The Morgan fingerprint density at radius 1 is 0.630 bits per heavy atom. The van der Waals surface area contributed by atoms with Gasteiger partial charge in [0.25, 0.3) is 0 Å². The fourth-order valence-electron chi connectivity index (χ4n) is 4.21. The van der Waals surface area contributed by atoms with E-state index in [-0.39, 0.29) is 23.1 Å². The van der Waals surface area contributed by atoms with Gasteiger partial charge in [0, 0.05) is 11.1 Å². The molecule has 46 heavy (non-hydrogen) atoms. The van der Waals surface area contributed by atoms with Crippen molar-refractivity contribution in [2.24, 2.45) is 0 Å². The lowest BCUT2D eigenvalue weighted by atomic mass is 10.2. The van der Waals surface area contributed by atoms with Crippen LogP contribution in [-0.4, -0.2) is 35.3 Å². The quantitative estimate of drug-likeness (QED) is 0.0684. The average molecular weight is 625 g/mol. The van der Waals surface area contributed by atoms with Gasteiger partial charge in [-0.05, 0) is 104 Å². The van der Waals surface area contributed by atoms with Crippen molar-refractivity contribution in [3.63, 3.8) is 0 Å². The summed E-state index contributed by atoms with van der Waals surface area (Å²) in [5, 5.41) is 8.07. The molecule has 10 heteroatoms. The molecule has 0 N–H and O–H groups in total. The van der Waals surface area contributed by atoms with Crippen molar-refractivity contribution in [1.82, 2.24) is 10.2 Å². The normalized spacial score (nSPS) is 10.8. The van der Waals surface area contributed by atoms with Gasteiger partial charge in [-0.25, -0.2) is 14.0 Å². The summed E-state index contributed by atoms with van der Waals surface area (Å²) in [6, 6.07) is 23.8. The van der Waals surface area contributed by atoms with Gasteiger partial charge in [-0.15, -0.1) is 10.2 Å². The van der Waals surface area contributed by atoms with Crippen LogP contribution in [-0.2, 0) is 0 Å². The summed E-state index contributed by atoms with van der Waals surface area (Å²) in [6.45, 7) is 5.38. The maximum absolute atomic E-state index is 14.9. The molecule has 4 aromatic carbocycles. The van der Waals surface area contributed by atoms with E-state index in [0.29, 0.717) is 47.2 Å². The van der Waals surface area contributed by atoms with Gasteiger partial charge in [0.1, 0.15) is 17.2 Å². The minimum Gasteiger partial charge on any atom is -0.494 e. The average Bonchev–Trinajstić information content (AvgIpc) is 3.57. The van der Waals surface area contributed by atoms with Crippen molar-refractivity contribution in [1.29, 1.82) is 0 Å². The standard InChI is InChI=1S/C36H33FN2O7/c1-3-5-21-42-28-14-9-25(10-15-28)35(40)44-30-18-7-24(8-19-30)33-38-39-34(46-33)27-13-20-32(31(37)23-27)45-36(41)26-11-16-29(17-12-26)43-22-6-4-2/h7-20,23H,3-6,21-22H2,1-2H3. The molecule has 236 valence electrons. The Morgan fingerprint density at radius 3 is 1.63 bits per heavy atom. The molecule has 0 aliphatic heterocycles. The van der Waals surface area contributed by atoms with Gasteiger partial charge in [-0.2, -0.15) is 0 Å². The molecule has 0 aliphatic rings. The van der Waals surface area contributed by atoms with Gasteiger partial charge in [0.05, 0.1) is 24.3 Å². The number of aromatic nitrogens is 2. The molecule has 9 nitrogen and oxygen atoms in total. The maximum atomic E-state index is 14.9. The van der Waals surface area contributed by atoms with Crippen LogP contribution in [0.2, 0.25) is 0 Å². The fraction of sp³-hybridized carbons (Fsp3) is 0.222. The number of benzene rings is 4. The Labute approximate surface area is 265 Å². The van der Waals surface area contributed by atoms with Gasteiger partial charge in [-0.3, -0.25) is 0 Å². The Hall–Kier alpha value is -5.51. The topological polar surface area (TPSA) is 110 Å². The molecule has 0 fully saturated rings. The summed E-state index contributed by atoms with van der Waals surface area (Å²) in [4.78, 5) is 25.1. The third kappa shape index (κ3) is 8.35. The van der Waals surface area contributed by atoms with Crippen molar-refractivity contribution >= 4 is 11.9 Å². The van der Waals surface area contributed by atoms with Crippen LogP contribution in [0.1, 0.15) is 60.2 Å². The first-order valence-electron chi connectivity index (χ1n) is 15.1. The van der Waals surface area contributed by atoms with E-state index in [1.54, 1.807) is 72.8 Å². The third-order valence-electron chi connectivity index (χ3n) is 6.83. The van der Waals surface area contributed by atoms with Crippen LogP contribution in [0.25, 0.3) is 22.9 Å². The number of ether oxygens (including phenoxy) is 4. The highest BCUT2D eigenvalue weighted by Crippen LogP contribution is 2.29. The zero-order chi connectivity index (χ0) is 32.3. The lowest BCUT2D eigenvalue weighted by Crippen LogP contribution is -2.09. The monoisotopic (exact) mass is 624 g/mol. The van der Waals surface area contributed by atoms with Gasteiger partial charge in [-0.1, -0.05) is 26.7 Å². The second-order valence-electron chi connectivity index (χ2n) is 10.3. The highest BCUT2D eigenvalue weighted by atomic mass is 19.1. The first-order valence-corrected chi connectivity index (χ1v) is 15.1. The predicted octanol–water partition coefficient (Wildman–Crippen LogP) is 8.34. The second kappa shape index (κ2) is 15.5. The zero-order valence-electron chi connectivity index (χ0n) is 25.5. The number of unbranched alkanes of at least 4 members (excludes halogenated alkanes) is 2. The summed E-state index contributed by atoms with van der Waals surface area (Å²) >= 11 is 0. The maximum Gasteiger partial charge on any atom is 0.343 e. The first kappa shape index (κ1) is 31.9. The fourth-order valence-corrected chi connectivity index (χ4v) is 4.21. The molecule has 0 saturated heterocycles. The number of esters is 2. The van der Waals surface area contributed by atoms with Crippen molar-refractivity contribution in [3.8, 4) is 45.9 Å². The van der Waals surface area contributed by atoms with E-state index < -0.39 is 17.8 Å². The summed E-state index contributed by atoms with van der Waals surface area (Å²) < 4.78 is 42.6. The third-order valence-corrected chi connectivity index (χ3v) is 6.83. The molecule has 1 heterocycles. The molecule has 0 radical (unpaired) electrons. The highest BCUT2D eigenvalue weighted by Gasteiger charge is 2.17. The summed E-state index contributed by atoms with van der Waals surface area (Å²) in [7, 11) is 0. The van der Waals surface area contributed by atoms with Crippen LogP contribution >= 0.6 is 0 Å². The SMILES string of the molecule is CCCCOc1ccc(C(=O)Oc2ccc(-c3nnc(-c4ccc(OC(=O)c5ccc(OCCCC)cc5)c(F)c4)o3)cc2)cc1. The number of rotatable bonds is 14. The van der Waals surface area contributed by atoms with Crippen LogP contribution in [0, 0.1) is 5.82 Å². The number of halogens is 1. The smallest absolute Gasteiger partial charge is 0.343 e. The van der Waals surface area contributed by atoms with Gasteiger partial charge < -0.3 is 23.4 Å². The van der Waals surface area contributed by atoms with Gasteiger partial charge >= 0.3 is 11.9 Å². The van der Waals surface area contributed by atoms with Crippen LogP contribution in [0.3, 0.4) is 0 Å². The minimum absolute atomic E-state index is 0.0723. The number of carbonyl (C=O) groups excluding carboxylic acids is 2. The van der Waals surface area contributed by atoms with E-state index >= 15 is 0 Å². The summed E-state index contributed by atoms with van der Waals surface area (Å²) in [5.74, 6) is -0.285. The van der Waals surface area contributed by atoms with Crippen molar-refractivity contribution in [3.05, 3.63) is 108 Å². The van der Waals surface area contributed by atoms with Crippen molar-refractivity contribution in [2.75, 3.05) is 13.2 Å². The van der Waals surface area contributed by atoms with Crippen LogP contribution < -0.4 is 18.9 Å². The van der Waals surface area contributed by atoms with Crippen molar-refractivity contribution in [2.45, 2.75) is 39.5 Å². The molecule has 0 saturated carbocycles. The van der Waals surface area contributed by atoms with Gasteiger partial charge in [0.2, 0.25) is 11.8 Å². The lowest BCUT2D eigenvalue weighted by Gasteiger charge is -2.08. The minimum atomic E-state index is -0.769. The first-order chi connectivity index (χ1) is 22.4. The van der Waals surface area contributed by atoms with E-state index in [9.17, 15) is 14.0 Å². The summed E-state index contributed by atoms with van der Waals surface area (Å²) in [5.41, 5.74) is 1.52. The Bertz CT molecular complexity index is 1750. The predicted molar refractivity (Wildman–Crippen MR) is 169 cm³/mol. The van der Waals surface area contributed by atoms with E-state index in [1.165, 1.54) is 12.1 Å². The molecule has 0 aliphatic carbocycles. The zero-order valence-corrected chi connectivity index (χ0v) is 25.5. The highest BCUT2D eigenvalue weighted by molar-refractivity contribution is 5.91. The molecule has 0 spiro atoms. The van der Waals surface area contributed by atoms with E-state index in [1.807, 2.05) is 0 Å². The molecule has 5 rings (SSSR count). The van der Waals surface area contributed by atoms with Crippen LogP contribution in [0.15, 0.2) is 95.4 Å². The number of hydrogen-bond acceptors (Lipinski definition) is 9. The van der Waals surface area contributed by atoms with Crippen molar-refractivity contribution < 1.29 is 37.3 Å². The molecule has 5 aromatic rings. The lowest BCUT2D eigenvalue weighted by molar-refractivity contribution is 0.0721. The Kier molecular flexibility index (Phi) is 10.7. The molecule has 0 amide bonds. The molecule has 0 atom stereocenters. The number of nitrogens with zero attached hydrogens (tertiary/aromatic N) is 2. The van der Waals surface area contributed by atoms with Gasteiger partial charge in [0.15, 0.2) is 11.6 Å². The second-order valence-corrected chi connectivity index (χ2v) is 10.3. The number of hydrogen-bond donors (Lipinski definition) is 0. The van der Waals surface area contributed by atoms with Crippen LogP contribution in [0.4, 0.5) is 4.39 Å².